The van der Waals surface area contributed by atoms with Gasteiger partial charge in [0.15, 0.2) is 0 Å². The van der Waals surface area contributed by atoms with Gasteiger partial charge in [-0.3, -0.25) is 10.1 Å². The first-order chi connectivity index (χ1) is 6.76. The van der Waals surface area contributed by atoms with Gasteiger partial charge in [-0.15, -0.1) is 6.58 Å². The molecule has 1 amide bonds. The third kappa shape index (κ3) is 5.72. The van der Waals surface area contributed by atoms with Crippen molar-refractivity contribution < 1.29 is 9.90 Å². The predicted molar refractivity (Wildman–Crippen MR) is 56.7 cm³/mol. The molecule has 82 valence electrons. The highest BCUT2D eigenvalue weighted by molar-refractivity contribution is 5.46. The zero-order valence-electron chi connectivity index (χ0n) is 8.70. The number of allylic oxidation sites excluding steroid dienone is 1. The van der Waals surface area contributed by atoms with Crippen LogP contribution in [0.2, 0.25) is 0 Å². The van der Waals surface area contributed by atoms with Crippen molar-refractivity contribution in [1.82, 2.24) is 10.6 Å². The number of aliphatic hydroxyl groups excluding tert-OH is 1. The molecule has 0 aliphatic heterocycles. The van der Waals surface area contributed by atoms with Crippen LogP contribution in [0.3, 0.4) is 0 Å². The van der Waals surface area contributed by atoms with Crippen LogP contribution in [0.1, 0.15) is 25.7 Å². The van der Waals surface area contributed by atoms with E-state index in [9.17, 15) is 9.90 Å². The van der Waals surface area contributed by atoms with Crippen LogP contribution in [0.25, 0.3) is 0 Å². The van der Waals surface area contributed by atoms with E-state index >= 15 is 0 Å². The van der Waals surface area contributed by atoms with E-state index in [1.807, 2.05) is 6.08 Å². The Labute approximate surface area is 85.4 Å². The first-order valence-electron chi connectivity index (χ1n) is 4.92. The highest BCUT2D eigenvalue weighted by Gasteiger charge is 2.15. The predicted octanol–water partition coefficient (Wildman–Crippen LogP) is 0.385. The number of aliphatic hydroxyl groups is 1. The Hall–Kier alpha value is -0.870. The fourth-order valence-corrected chi connectivity index (χ4v) is 1.27. The second kappa shape index (κ2) is 8.72. The van der Waals surface area contributed by atoms with Gasteiger partial charge >= 0.3 is 0 Å². The Balaban J connectivity index is 3.71. The molecule has 0 aromatic rings. The average molecular weight is 200 g/mol. The number of likely N-dealkylation sites (N-methyl/N-ethyl adjacent to an activating group) is 1. The summed E-state index contributed by atoms with van der Waals surface area (Å²) in [5, 5.41) is 14.7. The lowest BCUT2D eigenvalue weighted by Gasteiger charge is -2.21. The molecule has 14 heavy (non-hydrogen) atoms. The van der Waals surface area contributed by atoms with Gasteiger partial charge in [0.1, 0.15) is 6.23 Å². The fourth-order valence-electron chi connectivity index (χ4n) is 1.27. The normalized spacial score (nSPS) is 14.4. The number of amides is 1. The first kappa shape index (κ1) is 13.1. The lowest BCUT2D eigenvalue weighted by Crippen LogP contribution is -2.46. The maximum atomic E-state index is 10.3. The molecule has 3 N–H and O–H groups in total. The van der Waals surface area contributed by atoms with Crippen LogP contribution < -0.4 is 10.6 Å². The van der Waals surface area contributed by atoms with Crippen LogP contribution in [0, 0.1) is 0 Å². The second-order valence-electron chi connectivity index (χ2n) is 3.20. The Bertz CT molecular complexity index is 162. The van der Waals surface area contributed by atoms with Crippen molar-refractivity contribution in [3.8, 4) is 0 Å². The number of unbranched alkanes of at least 4 members (excludes halogenated alkanes) is 2. The first-order valence-corrected chi connectivity index (χ1v) is 4.92. The molecule has 0 rings (SSSR count). The van der Waals surface area contributed by atoms with Crippen molar-refractivity contribution in [3.63, 3.8) is 0 Å². The van der Waals surface area contributed by atoms with Crippen LogP contribution >= 0.6 is 0 Å². The third-order valence-electron chi connectivity index (χ3n) is 2.13. The van der Waals surface area contributed by atoms with E-state index in [0.717, 1.165) is 25.7 Å². The molecule has 0 saturated heterocycles. The third-order valence-corrected chi connectivity index (χ3v) is 2.13. The molecule has 0 bridgehead atoms. The van der Waals surface area contributed by atoms with Gasteiger partial charge in [-0.1, -0.05) is 12.5 Å². The van der Waals surface area contributed by atoms with Gasteiger partial charge in [0, 0.05) is 0 Å². The van der Waals surface area contributed by atoms with Crippen LogP contribution in [0.5, 0.6) is 0 Å². The summed E-state index contributed by atoms with van der Waals surface area (Å²) in [5.74, 6) is 0. The number of hydrogen-bond donors (Lipinski definition) is 3. The maximum Gasteiger partial charge on any atom is 0.207 e. The molecule has 1 unspecified atom stereocenters. The monoisotopic (exact) mass is 200 g/mol. The molecule has 0 aromatic heterocycles. The second-order valence-corrected chi connectivity index (χ2v) is 3.20. The molecule has 0 spiro atoms. The van der Waals surface area contributed by atoms with Crippen LogP contribution in [0.15, 0.2) is 12.7 Å². The topological polar surface area (TPSA) is 61.4 Å². The van der Waals surface area contributed by atoms with Gasteiger partial charge in [-0.2, -0.15) is 0 Å². The quantitative estimate of drug-likeness (QED) is 0.218. The fraction of sp³-hybridized carbons (Fsp3) is 0.700. The molecule has 0 aromatic carbocycles. The number of hydrogen-bond acceptors (Lipinski definition) is 3. The van der Waals surface area contributed by atoms with Crippen LogP contribution in [-0.2, 0) is 4.79 Å². The summed E-state index contributed by atoms with van der Waals surface area (Å²) in [7, 11) is 1.66. The lowest BCUT2D eigenvalue weighted by atomic mass is 10.1. The summed E-state index contributed by atoms with van der Waals surface area (Å²) in [5.41, 5.74) is 0. The molecule has 2 atom stereocenters. The van der Waals surface area contributed by atoms with Crippen molar-refractivity contribution in [2.45, 2.75) is 38.0 Å². The summed E-state index contributed by atoms with van der Waals surface area (Å²) >= 11 is 0. The Morgan fingerprint density at radius 3 is 2.71 bits per heavy atom. The summed E-state index contributed by atoms with van der Waals surface area (Å²) in [6.45, 7) is 3.63. The number of rotatable bonds is 9. The molecular weight excluding hydrogens is 180 g/mol. The number of nitrogens with one attached hydrogen (secondary N) is 2. The maximum absolute atomic E-state index is 10.3. The van der Waals surface area contributed by atoms with E-state index in [-0.39, 0.29) is 6.04 Å². The van der Waals surface area contributed by atoms with Crippen molar-refractivity contribution in [3.05, 3.63) is 12.7 Å². The van der Waals surface area contributed by atoms with E-state index in [4.69, 9.17) is 0 Å². The Morgan fingerprint density at radius 2 is 2.21 bits per heavy atom. The zero-order chi connectivity index (χ0) is 10.8. The molecule has 0 aliphatic rings. The molecule has 0 heterocycles. The average Bonchev–Trinajstić information content (AvgIpc) is 2.21. The standard InChI is InChI=1S/C10H20N2O2/c1-3-4-5-6-7-9(12-8-13)10(14)11-2/h3,8-11,14H,1,4-7H2,2H3,(H,12,13)/t9-,10?/m0/s1. The van der Waals surface area contributed by atoms with Crippen molar-refractivity contribution >= 4 is 6.41 Å². The van der Waals surface area contributed by atoms with Crippen LogP contribution in [0.4, 0.5) is 0 Å². The minimum absolute atomic E-state index is 0.206. The smallest absolute Gasteiger partial charge is 0.207 e. The highest BCUT2D eigenvalue weighted by Crippen LogP contribution is 2.05. The van der Waals surface area contributed by atoms with Crippen molar-refractivity contribution in [1.29, 1.82) is 0 Å². The van der Waals surface area contributed by atoms with Gasteiger partial charge in [0.05, 0.1) is 6.04 Å². The molecule has 4 nitrogen and oxygen atoms in total. The summed E-state index contributed by atoms with van der Waals surface area (Å²) < 4.78 is 0. The van der Waals surface area contributed by atoms with E-state index < -0.39 is 6.23 Å². The summed E-state index contributed by atoms with van der Waals surface area (Å²) in [6, 6.07) is -0.206. The van der Waals surface area contributed by atoms with Crippen molar-refractivity contribution in [2.75, 3.05) is 7.05 Å². The highest BCUT2D eigenvalue weighted by atomic mass is 16.3. The summed E-state index contributed by atoms with van der Waals surface area (Å²) in [6.07, 6.45) is 5.57. The van der Waals surface area contributed by atoms with Crippen LogP contribution in [-0.4, -0.2) is 30.8 Å². The molecule has 0 aliphatic carbocycles. The molecule has 4 heteroatoms. The molecule has 0 fully saturated rings. The zero-order valence-corrected chi connectivity index (χ0v) is 8.70. The van der Waals surface area contributed by atoms with E-state index in [1.165, 1.54) is 0 Å². The minimum Gasteiger partial charge on any atom is -0.376 e. The van der Waals surface area contributed by atoms with E-state index in [1.54, 1.807) is 7.05 Å². The van der Waals surface area contributed by atoms with Gasteiger partial charge < -0.3 is 10.4 Å². The van der Waals surface area contributed by atoms with Gasteiger partial charge in [0.2, 0.25) is 6.41 Å². The summed E-state index contributed by atoms with van der Waals surface area (Å²) in [4.78, 5) is 10.3. The Morgan fingerprint density at radius 1 is 1.50 bits per heavy atom. The SMILES string of the molecule is C=CCCCC[C@H](NC=O)C(O)NC. The lowest BCUT2D eigenvalue weighted by molar-refractivity contribution is -0.111. The molecular formula is C10H20N2O2. The Kier molecular flexibility index (Phi) is 8.17. The van der Waals surface area contributed by atoms with Gasteiger partial charge in [-0.25, -0.2) is 0 Å². The largest absolute Gasteiger partial charge is 0.376 e. The number of carbonyl (C=O) groups excluding carboxylic acids is 1. The van der Waals surface area contributed by atoms with Crippen molar-refractivity contribution in [2.24, 2.45) is 0 Å². The molecule has 0 radical (unpaired) electrons. The van der Waals surface area contributed by atoms with Gasteiger partial charge in [-0.05, 0) is 26.3 Å². The van der Waals surface area contributed by atoms with E-state index in [0.29, 0.717) is 6.41 Å². The van der Waals surface area contributed by atoms with E-state index in [2.05, 4.69) is 17.2 Å². The number of carbonyl (C=O) groups is 1. The molecule has 0 saturated carbocycles. The minimum atomic E-state index is -0.677. The van der Waals surface area contributed by atoms with Gasteiger partial charge in [0.25, 0.3) is 0 Å².